The molecule has 3 aromatic rings. The number of rotatable bonds is 13. The molecule has 1 heterocycles. The van der Waals surface area contributed by atoms with E-state index < -0.39 is 47.4 Å². The molecular formula is C29H30F5N3O8. The van der Waals surface area contributed by atoms with E-state index in [1.54, 1.807) is 0 Å². The lowest BCUT2D eigenvalue weighted by Gasteiger charge is -2.25. The Morgan fingerprint density at radius 3 is 2.02 bits per heavy atom. The lowest BCUT2D eigenvalue weighted by molar-refractivity contribution is -0.309. The van der Waals surface area contributed by atoms with Crippen LogP contribution in [0.15, 0.2) is 53.3 Å². The Hall–Kier alpha value is -4.76. The molecule has 0 saturated heterocycles. The maximum Gasteiger partial charge on any atom is 0.457 e. The monoisotopic (exact) mass is 643 g/mol. The molecule has 0 amide bonds. The number of carboxylic acids is 1. The normalized spacial score (nSPS) is 12.8. The molecule has 1 N–H and O–H groups in total. The summed E-state index contributed by atoms with van der Waals surface area (Å²) in [4.78, 5) is 49.0. The summed E-state index contributed by atoms with van der Waals surface area (Å²) in [6.45, 7) is 4.77. The minimum Gasteiger partial charge on any atom is -0.478 e. The standard InChI is InChI=1S/C29H30F5N3O8/c1-5-14-36-22(16-43-23(38)19-10-12-21(13-11-19)45-27(3,4)25(40)41)35-37(26(36)42)15-18-6-8-20(9-7-18)24(39)44-17(2)28(30,31)29(32,33)34/h6-13,17H,5,14-16H2,1-4H3,(H,40,41)/t17-/m0/s1. The summed E-state index contributed by atoms with van der Waals surface area (Å²) >= 11 is 0. The van der Waals surface area contributed by atoms with Gasteiger partial charge in [0.15, 0.2) is 24.1 Å². The minimum atomic E-state index is -5.90. The number of ether oxygens (including phenoxy) is 3. The van der Waals surface area contributed by atoms with Gasteiger partial charge in [0.05, 0.1) is 17.7 Å². The quantitative estimate of drug-likeness (QED) is 0.205. The van der Waals surface area contributed by atoms with Crippen LogP contribution in [0.3, 0.4) is 0 Å². The van der Waals surface area contributed by atoms with E-state index in [-0.39, 0.29) is 42.4 Å². The van der Waals surface area contributed by atoms with Gasteiger partial charge in [0.25, 0.3) is 0 Å². The zero-order valence-corrected chi connectivity index (χ0v) is 24.6. The average molecular weight is 644 g/mol. The Bertz CT molecular complexity index is 1580. The van der Waals surface area contributed by atoms with Gasteiger partial charge in [-0.3, -0.25) is 4.57 Å². The SMILES string of the molecule is CCCn1c(COC(=O)c2ccc(OC(C)(C)C(=O)O)cc2)nn(Cc2ccc(C(=O)O[C@@H](C)C(F)(F)C(F)(F)F)cc2)c1=O. The van der Waals surface area contributed by atoms with E-state index in [9.17, 15) is 46.2 Å². The second kappa shape index (κ2) is 13.5. The van der Waals surface area contributed by atoms with Crippen LogP contribution in [0.4, 0.5) is 22.0 Å². The number of esters is 2. The van der Waals surface area contributed by atoms with Crippen LogP contribution in [-0.2, 0) is 34.0 Å². The lowest BCUT2D eigenvalue weighted by atomic mass is 10.1. The van der Waals surface area contributed by atoms with E-state index in [2.05, 4.69) is 9.84 Å². The van der Waals surface area contributed by atoms with Crippen LogP contribution in [0.1, 0.15) is 66.2 Å². The van der Waals surface area contributed by atoms with E-state index in [4.69, 9.17) is 9.47 Å². The van der Waals surface area contributed by atoms with E-state index in [1.807, 2.05) is 6.92 Å². The zero-order valence-electron chi connectivity index (χ0n) is 24.6. The van der Waals surface area contributed by atoms with E-state index in [0.717, 1.165) is 16.8 Å². The van der Waals surface area contributed by atoms with Crippen molar-refractivity contribution in [3.8, 4) is 5.75 Å². The molecule has 244 valence electrons. The molecule has 0 saturated carbocycles. The molecule has 11 nitrogen and oxygen atoms in total. The van der Waals surface area contributed by atoms with Gasteiger partial charge in [0.2, 0.25) is 0 Å². The highest BCUT2D eigenvalue weighted by atomic mass is 19.4. The molecule has 0 aliphatic rings. The van der Waals surface area contributed by atoms with Crippen LogP contribution < -0.4 is 10.4 Å². The van der Waals surface area contributed by atoms with Gasteiger partial charge in [-0.05, 0) is 69.2 Å². The Morgan fingerprint density at radius 2 is 1.49 bits per heavy atom. The van der Waals surface area contributed by atoms with E-state index >= 15 is 0 Å². The van der Waals surface area contributed by atoms with Gasteiger partial charge < -0.3 is 19.3 Å². The second-order valence-electron chi connectivity index (χ2n) is 10.4. The number of halogens is 5. The maximum atomic E-state index is 13.4. The third-order valence-corrected chi connectivity index (χ3v) is 6.45. The lowest BCUT2D eigenvalue weighted by Crippen LogP contribution is -2.47. The number of hydrogen-bond acceptors (Lipinski definition) is 8. The number of aliphatic carboxylic acids is 1. The van der Waals surface area contributed by atoms with Crippen LogP contribution in [0.25, 0.3) is 0 Å². The summed E-state index contributed by atoms with van der Waals surface area (Å²) in [7, 11) is 0. The third-order valence-electron chi connectivity index (χ3n) is 6.45. The summed E-state index contributed by atoms with van der Waals surface area (Å²) in [6, 6.07) is 10.6. The predicted octanol–water partition coefficient (Wildman–Crippen LogP) is 4.85. The molecule has 0 unspecified atom stereocenters. The van der Waals surface area contributed by atoms with Crippen molar-refractivity contribution in [3.63, 3.8) is 0 Å². The van der Waals surface area contributed by atoms with Gasteiger partial charge in [-0.2, -0.15) is 27.1 Å². The molecule has 0 aliphatic carbocycles. The van der Waals surface area contributed by atoms with Gasteiger partial charge in [0.1, 0.15) is 5.75 Å². The first-order valence-corrected chi connectivity index (χ1v) is 13.5. The Labute approximate surface area is 253 Å². The molecule has 0 fully saturated rings. The topological polar surface area (TPSA) is 139 Å². The van der Waals surface area contributed by atoms with Crippen molar-refractivity contribution in [2.75, 3.05) is 0 Å². The maximum absolute atomic E-state index is 13.4. The van der Waals surface area contributed by atoms with Crippen LogP contribution >= 0.6 is 0 Å². The van der Waals surface area contributed by atoms with Gasteiger partial charge in [-0.1, -0.05) is 19.1 Å². The minimum absolute atomic E-state index is 0.109. The van der Waals surface area contributed by atoms with E-state index in [1.165, 1.54) is 54.8 Å². The zero-order chi connectivity index (χ0) is 33.7. The van der Waals surface area contributed by atoms with E-state index in [0.29, 0.717) is 18.9 Å². The molecule has 1 aromatic heterocycles. The van der Waals surface area contributed by atoms with Crippen molar-refractivity contribution in [3.05, 3.63) is 81.5 Å². The summed E-state index contributed by atoms with van der Waals surface area (Å²) in [5, 5.41) is 13.4. The smallest absolute Gasteiger partial charge is 0.457 e. The number of carbonyl (C=O) groups excluding carboxylic acids is 2. The highest BCUT2D eigenvalue weighted by Gasteiger charge is 2.62. The highest BCUT2D eigenvalue weighted by Crippen LogP contribution is 2.39. The second-order valence-corrected chi connectivity index (χ2v) is 10.4. The number of carboxylic acid groups (broad SMARTS) is 1. The molecular weight excluding hydrogens is 613 g/mol. The number of hydrogen-bond donors (Lipinski definition) is 1. The van der Waals surface area contributed by atoms with Crippen molar-refractivity contribution in [1.29, 1.82) is 0 Å². The Kier molecular flexibility index (Phi) is 10.4. The summed E-state index contributed by atoms with van der Waals surface area (Å²) < 4.78 is 81.9. The molecule has 45 heavy (non-hydrogen) atoms. The number of alkyl halides is 5. The van der Waals surface area contributed by atoms with Crippen LogP contribution in [-0.4, -0.2) is 61.2 Å². The van der Waals surface area contributed by atoms with Crippen molar-refractivity contribution >= 4 is 17.9 Å². The van der Waals surface area contributed by atoms with Gasteiger partial charge in [-0.25, -0.2) is 23.9 Å². The van der Waals surface area contributed by atoms with Crippen LogP contribution in [0.2, 0.25) is 0 Å². The number of nitrogens with zero attached hydrogens (tertiary/aromatic N) is 3. The molecule has 16 heteroatoms. The first-order valence-electron chi connectivity index (χ1n) is 13.5. The molecule has 0 aliphatic heterocycles. The fourth-order valence-corrected chi connectivity index (χ4v) is 3.81. The largest absolute Gasteiger partial charge is 0.478 e. The number of carbonyl (C=O) groups is 3. The molecule has 3 rings (SSSR count). The molecule has 0 radical (unpaired) electrons. The van der Waals surface area contributed by atoms with Gasteiger partial charge in [-0.15, -0.1) is 0 Å². The summed E-state index contributed by atoms with van der Waals surface area (Å²) in [6.07, 6.45) is -8.11. The number of aromatic nitrogens is 3. The van der Waals surface area contributed by atoms with Crippen LogP contribution in [0.5, 0.6) is 5.75 Å². The summed E-state index contributed by atoms with van der Waals surface area (Å²) in [5.74, 6) is -8.19. The van der Waals surface area contributed by atoms with Crippen molar-refractivity contribution in [2.24, 2.45) is 0 Å². The molecule has 0 bridgehead atoms. The molecule has 0 spiro atoms. The number of benzene rings is 2. The molecule has 1 atom stereocenters. The Balaban J connectivity index is 1.68. The highest BCUT2D eigenvalue weighted by molar-refractivity contribution is 5.90. The predicted molar refractivity (Wildman–Crippen MR) is 146 cm³/mol. The van der Waals surface area contributed by atoms with Crippen molar-refractivity contribution < 1.29 is 55.7 Å². The summed E-state index contributed by atoms with van der Waals surface area (Å²) in [5.41, 5.74) is -1.74. The molecule has 2 aromatic carbocycles. The van der Waals surface area contributed by atoms with Gasteiger partial charge >= 0.3 is 35.7 Å². The van der Waals surface area contributed by atoms with Crippen molar-refractivity contribution in [2.45, 2.75) is 77.6 Å². The fraction of sp³-hybridized carbons (Fsp3) is 0.414. The van der Waals surface area contributed by atoms with Crippen molar-refractivity contribution in [1.82, 2.24) is 14.3 Å². The first kappa shape index (κ1) is 34.7. The Morgan fingerprint density at radius 1 is 0.933 bits per heavy atom. The third kappa shape index (κ3) is 8.25. The van der Waals surface area contributed by atoms with Gasteiger partial charge in [0, 0.05) is 6.54 Å². The first-order chi connectivity index (χ1) is 20.9. The van der Waals surface area contributed by atoms with Crippen LogP contribution in [0, 0.1) is 0 Å². The average Bonchev–Trinajstić information content (AvgIpc) is 3.25. The fourth-order valence-electron chi connectivity index (χ4n) is 3.81.